The lowest BCUT2D eigenvalue weighted by molar-refractivity contribution is 0.688. The van der Waals surface area contributed by atoms with Gasteiger partial charge in [0.2, 0.25) is 0 Å². The maximum absolute atomic E-state index is 5.54. The summed E-state index contributed by atoms with van der Waals surface area (Å²) in [6.07, 6.45) is 2.64. The normalized spacial score (nSPS) is 10.8. The van der Waals surface area contributed by atoms with Gasteiger partial charge in [-0.05, 0) is 25.5 Å². The van der Waals surface area contributed by atoms with Crippen molar-refractivity contribution >= 4 is 0 Å². The van der Waals surface area contributed by atoms with E-state index in [4.69, 9.17) is 5.73 Å². The van der Waals surface area contributed by atoms with Crippen LogP contribution in [0.15, 0.2) is 24.3 Å². The summed E-state index contributed by atoms with van der Waals surface area (Å²) in [5, 5.41) is 4.41. The van der Waals surface area contributed by atoms with Crippen LogP contribution in [0.5, 0.6) is 0 Å². The SMILES string of the molecule is Cc1ccc(CCc2nc(CCN)n(C)n2)cc1. The molecule has 0 aliphatic heterocycles. The van der Waals surface area contributed by atoms with Crippen molar-refractivity contribution in [3.63, 3.8) is 0 Å². The van der Waals surface area contributed by atoms with Gasteiger partial charge in [-0.15, -0.1) is 0 Å². The molecule has 0 spiro atoms. The molecule has 0 atom stereocenters. The molecule has 4 nitrogen and oxygen atoms in total. The first-order chi connectivity index (χ1) is 8.69. The summed E-state index contributed by atoms with van der Waals surface area (Å²) >= 11 is 0. The van der Waals surface area contributed by atoms with Gasteiger partial charge in [0.15, 0.2) is 5.82 Å². The highest BCUT2D eigenvalue weighted by Crippen LogP contribution is 2.07. The van der Waals surface area contributed by atoms with Crippen LogP contribution >= 0.6 is 0 Å². The van der Waals surface area contributed by atoms with E-state index >= 15 is 0 Å². The lowest BCUT2D eigenvalue weighted by Crippen LogP contribution is -2.08. The molecule has 0 radical (unpaired) electrons. The predicted octanol–water partition coefficient (Wildman–Crippen LogP) is 1.41. The zero-order chi connectivity index (χ0) is 13.0. The smallest absolute Gasteiger partial charge is 0.151 e. The zero-order valence-corrected chi connectivity index (χ0v) is 11.1. The van der Waals surface area contributed by atoms with Gasteiger partial charge in [-0.25, -0.2) is 4.98 Å². The summed E-state index contributed by atoms with van der Waals surface area (Å²) in [5.74, 6) is 1.87. The van der Waals surface area contributed by atoms with Gasteiger partial charge in [-0.3, -0.25) is 4.68 Å². The Hall–Kier alpha value is -1.68. The second kappa shape index (κ2) is 5.78. The van der Waals surface area contributed by atoms with Gasteiger partial charge in [0, 0.05) is 19.9 Å². The molecule has 0 saturated carbocycles. The molecular weight excluding hydrogens is 224 g/mol. The topological polar surface area (TPSA) is 56.7 Å². The molecule has 0 fully saturated rings. The molecule has 2 rings (SSSR count). The monoisotopic (exact) mass is 244 g/mol. The fourth-order valence-corrected chi connectivity index (χ4v) is 1.94. The van der Waals surface area contributed by atoms with E-state index in [0.717, 1.165) is 30.9 Å². The van der Waals surface area contributed by atoms with Crippen molar-refractivity contribution in [1.29, 1.82) is 0 Å². The first-order valence-electron chi connectivity index (χ1n) is 6.33. The quantitative estimate of drug-likeness (QED) is 0.865. The molecule has 96 valence electrons. The third-order valence-electron chi connectivity index (χ3n) is 3.02. The minimum Gasteiger partial charge on any atom is -0.330 e. The van der Waals surface area contributed by atoms with E-state index in [1.54, 1.807) is 0 Å². The van der Waals surface area contributed by atoms with Crippen LogP contribution in [0.1, 0.15) is 22.8 Å². The summed E-state index contributed by atoms with van der Waals surface area (Å²) in [4.78, 5) is 4.50. The number of aromatic nitrogens is 3. The van der Waals surface area contributed by atoms with Crippen LogP contribution in [0.3, 0.4) is 0 Å². The number of nitrogens with two attached hydrogens (primary N) is 1. The number of hydrogen-bond acceptors (Lipinski definition) is 3. The van der Waals surface area contributed by atoms with E-state index in [-0.39, 0.29) is 0 Å². The third-order valence-corrected chi connectivity index (χ3v) is 3.02. The third kappa shape index (κ3) is 3.17. The Morgan fingerprint density at radius 1 is 1.11 bits per heavy atom. The summed E-state index contributed by atoms with van der Waals surface area (Å²) in [5.41, 5.74) is 8.16. The molecule has 0 aliphatic rings. The molecule has 4 heteroatoms. The van der Waals surface area contributed by atoms with E-state index in [9.17, 15) is 0 Å². The number of aryl methyl sites for hydroxylation is 4. The predicted molar refractivity (Wildman–Crippen MR) is 72.3 cm³/mol. The minimum atomic E-state index is 0.615. The fourth-order valence-electron chi connectivity index (χ4n) is 1.94. The van der Waals surface area contributed by atoms with Crippen LogP contribution in [-0.2, 0) is 26.3 Å². The Bertz CT molecular complexity index is 499. The van der Waals surface area contributed by atoms with Crippen LogP contribution in [0, 0.1) is 6.92 Å². The summed E-state index contributed by atoms with van der Waals surface area (Å²) in [7, 11) is 1.92. The lowest BCUT2D eigenvalue weighted by Gasteiger charge is -1.99. The first-order valence-corrected chi connectivity index (χ1v) is 6.33. The van der Waals surface area contributed by atoms with Crippen molar-refractivity contribution in [3.05, 3.63) is 47.0 Å². The maximum Gasteiger partial charge on any atom is 0.151 e. The number of benzene rings is 1. The standard InChI is InChI=1S/C14H20N4/c1-11-3-5-12(6-4-11)7-8-13-16-14(9-10-15)18(2)17-13/h3-6H,7-10,15H2,1-2H3. The molecule has 0 bridgehead atoms. The maximum atomic E-state index is 5.54. The number of hydrogen-bond donors (Lipinski definition) is 1. The fraction of sp³-hybridized carbons (Fsp3) is 0.429. The van der Waals surface area contributed by atoms with Crippen LogP contribution in [0.4, 0.5) is 0 Å². The second-order valence-electron chi connectivity index (χ2n) is 4.59. The molecule has 1 heterocycles. The summed E-state index contributed by atoms with van der Waals surface area (Å²) < 4.78 is 1.83. The van der Waals surface area contributed by atoms with Crippen molar-refractivity contribution in [1.82, 2.24) is 14.8 Å². The van der Waals surface area contributed by atoms with E-state index in [1.165, 1.54) is 11.1 Å². The van der Waals surface area contributed by atoms with Gasteiger partial charge in [0.25, 0.3) is 0 Å². The van der Waals surface area contributed by atoms with Crippen molar-refractivity contribution in [3.8, 4) is 0 Å². The van der Waals surface area contributed by atoms with Gasteiger partial charge >= 0.3 is 0 Å². The van der Waals surface area contributed by atoms with Crippen LogP contribution in [0.2, 0.25) is 0 Å². The molecule has 0 aliphatic carbocycles. The van der Waals surface area contributed by atoms with Crippen LogP contribution in [0.25, 0.3) is 0 Å². The zero-order valence-electron chi connectivity index (χ0n) is 11.1. The van der Waals surface area contributed by atoms with Crippen LogP contribution in [-0.4, -0.2) is 21.3 Å². The molecule has 2 aromatic rings. The summed E-state index contributed by atoms with van der Waals surface area (Å²) in [6.45, 7) is 2.72. The van der Waals surface area contributed by atoms with E-state index < -0.39 is 0 Å². The first kappa shape index (κ1) is 12.8. The molecule has 1 aromatic carbocycles. The highest BCUT2D eigenvalue weighted by atomic mass is 15.3. The highest BCUT2D eigenvalue weighted by molar-refractivity contribution is 5.21. The Labute approximate surface area is 108 Å². The largest absolute Gasteiger partial charge is 0.330 e. The number of nitrogens with zero attached hydrogens (tertiary/aromatic N) is 3. The van der Waals surface area contributed by atoms with Crippen molar-refractivity contribution in [2.24, 2.45) is 12.8 Å². The lowest BCUT2D eigenvalue weighted by atomic mass is 10.1. The molecule has 18 heavy (non-hydrogen) atoms. The van der Waals surface area contributed by atoms with Crippen LogP contribution < -0.4 is 5.73 Å². The Morgan fingerprint density at radius 3 is 2.50 bits per heavy atom. The minimum absolute atomic E-state index is 0.615. The van der Waals surface area contributed by atoms with Crippen molar-refractivity contribution in [2.45, 2.75) is 26.2 Å². The van der Waals surface area contributed by atoms with Crippen molar-refractivity contribution < 1.29 is 0 Å². The Balaban J connectivity index is 1.97. The highest BCUT2D eigenvalue weighted by Gasteiger charge is 2.06. The Morgan fingerprint density at radius 2 is 1.83 bits per heavy atom. The molecule has 1 aromatic heterocycles. The number of rotatable bonds is 5. The summed E-state index contributed by atoms with van der Waals surface area (Å²) in [6, 6.07) is 8.61. The van der Waals surface area contributed by atoms with E-state index in [2.05, 4.69) is 41.3 Å². The van der Waals surface area contributed by atoms with Gasteiger partial charge in [0.1, 0.15) is 5.82 Å². The average molecular weight is 244 g/mol. The van der Waals surface area contributed by atoms with E-state index in [0.29, 0.717) is 6.54 Å². The van der Waals surface area contributed by atoms with Gasteiger partial charge in [-0.1, -0.05) is 29.8 Å². The van der Waals surface area contributed by atoms with E-state index in [1.807, 2.05) is 11.7 Å². The van der Waals surface area contributed by atoms with Crippen molar-refractivity contribution in [2.75, 3.05) is 6.54 Å². The second-order valence-corrected chi connectivity index (χ2v) is 4.59. The average Bonchev–Trinajstić information content (AvgIpc) is 2.70. The van der Waals surface area contributed by atoms with Gasteiger partial charge in [0.05, 0.1) is 0 Å². The molecule has 0 unspecified atom stereocenters. The van der Waals surface area contributed by atoms with Gasteiger partial charge < -0.3 is 5.73 Å². The molecular formula is C14H20N4. The van der Waals surface area contributed by atoms with Gasteiger partial charge in [-0.2, -0.15) is 5.10 Å². The Kier molecular flexibility index (Phi) is 4.10. The molecule has 2 N–H and O–H groups in total. The molecule has 0 saturated heterocycles. The molecule has 0 amide bonds.